The Balaban J connectivity index is 4.28. The van der Waals surface area contributed by atoms with E-state index < -0.39 is 18.1 Å². The van der Waals surface area contributed by atoms with Gasteiger partial charge < -0.3 is 20.9 Å². The summed E-state index contributed by atoms with van der Waals surface area (Å²) in [5.41, 5.74) is 5.52. The summed E-state index contributed by atoms with van der Waals surface area (Å²) in [6.45, 7) is 3.80. The van der Waals surface area contributed by atoms with Crippen LogP contribution in [0.1, 0.15) is 20.3 Å². The highest BCUT2D eigenvalue weighted by Crippen LogP contribution is 2.06. The van der Waals surface area contributed by atoms with Gasteiger partial charge in [0.1, 0.15) is 6.04 Å². The van der Waals surface area contributed by atoms with Gasteiger partial charge in [-0.15, -0.1) is 0 Å². The maximum Gasteiger partial charge on any atom is 0.305 e. The monoisotopic (exact) mass is 232 g/mol. The van der Waals surface area contributed by atoms with Crippen LogP contribution in [0.2, 0.25) is 0 Å². The van der Waals surface area contributed by atoms with E-state index in [0.717, 1.165) is 0 Å². The Morgan fingerprint density at radius 3 is 2.38 bits per heavy atom. The van der Waals surface area contributed by atoms with Crippen molar-refractivity contribution >= 4 is 11.9 Å². The molecule has 2 atom stereocenters. The highest BCUT2D eigenvalue weighted by atomic mass is 16.5. The van der Waals surface area contributed by atoms with E-state index in [0.29, 0.717) is 0 Å². The van der Waals surface area contributed by atoms with Crippen molar-refractivity contribution in [1.29, 1.82) is 0 Å². The van der Waals surface area contributed by atoms with Crippen LogP contribution in [0.25, 0.3) is 0 Å². The zero-order valence-electron chi connectivity index (χ0n) is 9.90. The lowest BCUT2D eigenvalue weighted by Gasteiger charge is -2.22. The van der Waals surface area contributed by atoms with Crippen molar-refractivity contribution in [2.75, 3.05) is 13.7 Å². The highest BCUT2D eigenvalue weighted by Gasteiger charge is 2.22. The Bertz CT molecular complexity index is 243. The molecule has 0 aliphatic rings. The fraction of sp³-hybridized carbons (Fsp3) is 0.800. The number of nitrogens with two attached hydrogens (primary N) is 1. The molecule has 0 bridgehead atoms. The Labute approximate surface area is 95.1 Å². The molecule has 0 saturated carbocycles. The predicted octanol–water partition coefficient (Wildman–Crippen LogP) is -0.424. The minimum absolute atomic E-state index is 0.0368. The van der Waals surface area contributed by atoms with E-state index in [1.165, 1.54) is 7.11 Å². The van der Waals surface area contributed by atoms with Crippen LogP contribution in [-0.4, -0.2) is 42.8 Å². The molecule has 0 aliphatic heterocycles. The molecule has 0 aromatic heterocycles. The lowest BCUT2D eigenvalue weighted by Crippen LogP contribution is -2.49. The molecule has 4 N–H and O–H groups in total. The second-order valence-corrected chi connectivity index (χ2v) is 4.02. The van der Waals surface area contributed by atoms with E-state index in [4.69, 9.17) is 15.6 Å². The molecule has 0 spiro atoms. The number of amides is 1. The number of methoxy groups -OCH3 is 1. The standard InChI is InChI=1S/C10H20N2O4/c1-6(2)8(4-9(13)14)12-10(15)7(11)5-16-3/h6-8H,4-5,11H2,1-3H3,(H,12,15)(H,13,14). The van der Waals surface area contributed by atoms with Gasteiger partial charge in [-0.25, -0.2) is 0 Å². The Morgan fingerprint density at radius 1 is 1.44 bits per heavy atom. The number of rotatable bonds is 7. The highest BCUT2D eigenvalue weighted by molar-refractivity contribution is 5.82. The maximum absolute atomic E-state index is 11.5. The van der Waals surface area contributed by atoms with Gasteiger partial charge in [0, 0.05) is 13.2 Å². The molecule has 0 aliphatic carbocycles. The van der Waals surface area contributed by atoms with Crippen LogP contribution in [0.15, 0.2) is 0 Å². The molecule has 2 unspecified atom stereocenters. The van der Waals surface area contributed by atoms with Gasteiger partial charge in [-0.05, 0) is 5.92 Å². The number of carboxylic acid groups (broad SMARTS) is 1. The summed E-state index contributed by atoms with van der Waals surface area (Å²) in [7, 11) is 1.45. The zero-order valence-corrected chi connectivity index (χ0v) is 9.90. The average molecular weight is 232 g/mol. The minimum Gasteiger partial charge on any atom is -0.481 e. The lowest BCUT2D eigenvalue weighted by atomic mass is 10.0. The summed E-state index contributed by atoms with van der Waals surface area (Å²) >= 11 is 0. The van der Waals surface area contributed by atoms with Crippen LogP contribution in [-0.2, 0) is 14.3 Å². The number of aliphatic carboxylic acids is 1. The Kier molecular flexibility index (Phi) is 6.67. The second kappa shape index (κ2) is 7.19. The molecule has 94 valence electrons. The smallest absolute Gasteiger partial charge is 0.305 e. The van der Waals surface area contributed by atoms with Crippen LogP contribution >= 0.6 is 0 Å². The first kappa shape index (κ1) is 14.9. The fourth-order valence-corrected chi connectivity index (χ4v) is 1.19. The van der Waals surface area contributed by atoms with Gasteiger partial charge >= 0.3 is 5.97 Å². The molecular formula is C10H20N2O4. The van der Waals surface area contributed by atoms with Crippen molar-refractivity contribution in [3.63, 3.8) is 0 Å². The van der Waals surface area contributed by atoms with Crippen molar-refractivity contribution < 1.29 is 19.4 Å². The van der Waals surface area contributed by atoms with Crippen molar-refractivity contribution in [3.05, 3.63) is 0 Å². The summed E-state index contributed by atoms with van der Waals surface area (Å²) in [5.74, 6) is -1.30. The Hall–Kier alpha value is -1.14. The summed E-state index contributed by atoms with van der Waals surface area (Å²) in [6.07, 6.45) is -0.108. The first-order valence-electron chi connectivity index (χ1n) is 5.15. The van der Waals surface area contributed by atoms with E-state index in [-0.39, 0.29) is 24.9 Å². The van der Waals surface area contributed by atoms with Crippen LogP contribution in [0.5, 0.6) is 0 Å². The number of ether oxygens (including phenoxy) is 1. The van der Waals surface area contributed by atoms with Gasteiger partial charge in [0.2, 0.25) is 5.91 Å². The number of hydrogen-bond donors (Lipinski definition) is 3. The topological polar surface area (TPSA) is 102 Å². The number of carbonyl (C=O) groups is 2. The molecule has 0 saturated heterocycles. The number of carboxylic acids is 1. The largest absolute Gasteiger partial charge is 0.481 e. The van der Waals surface area contributed by atoms with E-state index in [1.54, 1.807) is 0 Å². The van der Waals surface area contributed by atoms with Crippen LogP contribution in [0, 0.1) is 5.92 Å². The van der Waals surface area contributed by atoms with E-state index in [1.807, 2.05) is 13.8 Å². The van der Waals surface area contributed by atoms with E-state index in [9.17, 15) is 9.59 Å². The maximum atomic E-state index is 11.5. The fourth-order valence-electron chi connectivity index (χ4n) is 1.19. The third kappa shape index (κ3) is 5.67. The van der Waals surface area contributed by atoms with Gasteiger partial charge in [0.05, 0.1) is 13.0 Å². The number of nitrogens with one attached hydrogen (secondary N) is 1. The van der Waals surface area contributed by atoms with Gasteiger partial charge in [-0.1, -0.05) is 13.8 Å². The third-order valence-corrected chi connectivity index (χ3v) is 2.21. The molecule has 0 fully saturated rings. The molecule has 6 heteroatoms. The van der Waals surface area contributed by atoms with E-state index >= 15 is 0 Å². The van der Waals surface area contributed by atoms with Crippen molar-refractivity contribution in [3.8, 4) is 0 Å². The summed E-state index contributed by atoms with van der Waals surface area (Å²) in [6, 6.07) is -1.17. The van der Waals surface area contributed by atoms with Gasteiger partial charge in [-0.3, -0.25) is 9.59 Å². The van der Waals surface area contributed by atoms with Crippen LogP contribution < -0.4 is 11.1 Å². The van der Waals surface area contributed by atoms with Crippen LogP contribution in [0.4, 0.5) is 0 Å². The van der Waals surface area contributed by atoms with Crippen molar-refractivity contribution in [1.82, 2.24) is 5.32 Å². The normalized spacial score (nSPS) is 14.6. The number of carbonyl (C=O) groups excluding carboxylic acids is 1. The molecule has 0 aromatic carbocycles. The minimum atomic E-state index is -0.945. The molecule has 0 radical (unpaired) electrons. The lowest BCUT2D eigenvalue weighted by molar-refractivity contribution is -0.138. The molecular weight excluding hydrogens is 212 g/mol. The van der Waals surface area contributed by atoms with Gasteiger partial charge in [0.15, 0.2) is 0 Å². The quantitative estimate of drug-likeness (QED) is 0.553. The molecule has 0 heterocycles. The molecule has 1 amide bonds. The van der Waals surface area contributed by atoms with Crippen LogP contribution in [0.3, 0.4) is 0 Å². The predicted molar refractivity (Wildman–Crippen MR) is 58.9 cm³/mol. The zero-order chi connectivity index (χ0) is 12.7. The molecule has 16 heavy (non-hydrogen) atoms. The summed E-state index contributed by atoms with van der Waals surface area (Å²) < 4.78 is 4.75. The summed E-state index contributed by atoms with van der Waals surface area (Å²) in [5, 5.41) is 11.3. The second-order valence-electron chi connectivity index (χ2n) is 4.02. The Morgan fingerprint density at radius 2 is 2.00 bits per heavy atom. The SMILES string of the molecule is COCC(N)C(=O)NC(CC(=O)O)C(C)C. The first-order valence-corrected chi connectivity index (χ1v) is 5.15. The first-order chi connectivity index (χ1) is 7.38. The molecule has 6 nitrogen and oxygen atoms in total. The van der Waals surface area contributed by atoms with Gasteiger partial charge in [0.25, 0.3) is 0 Å². The van der Waals surface area contributed by atoms with Crippen molar-refractivity contribution in [2.24, 2.45) is 11.7 Å². The average Bonchev–Trinajstić information content (AvgIpc) is 2.16. The van der Waals surface area contributed by atoms with Crippen molar-refractivity contribution in [2.45, 2.75) is 32.4 Å². The molecule has 0 rings (SSSR count). The third-order valence-electron chi connectivity index (χ3n) is 2.21. The summed E-state index contributed by atoms with van der Waals surface area (Å²) in [4.78, 5) is 22.1. The number of hydrogen-bond acceptors (Lipinski definition) is 4. The van der Waals surface area contributed by atoms with E-state index in [2.05, 4.69) is 5.32 Å². The molecule has 0 aromatic rings. The van der Waals surface area contributed by atoms with Gasteiger partial charge in [-0.2, -0.15) is 0 Å².